The van der Waals surface area contributed by atoms with Gasteiger partial charge in [-0.05, 0) is 31.5 Å². The lowest BCUT2D eigenvalue weighted by Gasteiger charge is -2.09. The van der Waals surface area contributed by atoms with E-state index < -0.39 is 0 Å². The minimum atomic E-state index is 0.0583. The molecule has 1 aromatic rings. The zero-order chi connectivity index (χ0) is 10.4. The number of hydrogen-bond acceptors (Lipinski definition) is 3. The van der Waals surface area contributed by atoms with Crippen LogP contribution in [0, 0.1) is 0 Å². The quantitative estimate of drug-likeness (QED) is 0.731. The molecule has 78 valence electrons. The van der Waals surface area contributed by atoms with Crippen LogP contribution in [0.4, 0.5) is 0 Å². The van der Waals surface area contributed by atoms with Crippen LogP contribution >= 0.6 is 0 Å². The van der Waals surface area contributed by atoms with Crippen LogP contribution in [-0.4, -0.2) is 18.0 Å². The first kappa shape index (κ1) is 11.0. The topological polar surface area (TPSA) is 38.7 Å². The van der Waals surface area contributed by atoms with E-state index >= 15 is 0 Å². The van der Waals surface area contributed by atoms with Gasteiger partial charge in [-0.3, -0.25) is 0 Å². The molecule has 0 aromatic heterocycles. The van der Waals surface area contributed by atoms with Crippen LogP contribution in [-0.2, 0) is 11.3 Å². The molecule has 0 aliphatic rings. The van der Waals surface area contributed by atoms with Gasteiger partial charge in [0.15, 0.2) is 6.79 Å². The van der Waals surface area contributed by atoms with Gasteiger partial charge in [0, 0.05) is 0 Å². The van der Waals surface area contributed by atoms with E-state index in [1.54, 1.807) is 0 Å². The summed E-state index contributed by atoms with van der Waals surface area (Å²) in [7, 11) is 0. The SMILES string of the molecule is CC(C)OCOc1ccc(CO)cc1. The van der Waals surface area contributed by atoms with Gasteiger partial charge in [0.2, 0.25) is 0 Å². The van der Waals surface area contributed by atoms with Gasteiger partial charge in [-0.15, -0.1) is 0 Å². The Morgan fingerprint density at radius 3 is 2.36 bits per heavy atom. The molecule has 0 unspecified atom stereocenters. The fourth-order valence-electron chi connectivity index (χ4n) is 0.929. The summed E-state index contributed by atoms with van der Waals surface area (Å²) in [5.74, 6) is 0.753. The van der Waals surface area contributed by atoms with E-state index in [-0.39, 0.29) is 19.5 Å². The normalized spacial score (nSPS) is 10.6. The molecule has 0 radical (unpaired) electrons. The van der Waals surface area contributed by atoms with Gasteiger partial charge in [0.25, 0.3) is 0 Å². The second-order valence-corrected chi connectivity index (χ2v) is 3.28. The first-order valence-electron chi connectivity index (χ1n) is 4.66. The summed E-state index contributed by atoms with van der Waals surface area (Å²) in [4.78, 5) is 0. The van der Waals surface area contributed by atoms with Gasteiger partial charge in [0.05, 0.1) is 12.7 Å². The molecule has 0 aliphatic carbocycles. The van der Waals surface area contributed by atoms with Crippen molar-refractivity contribution in [1.82, 2.24) is 0 Å². The summed E-state index contributed by atoms with van der Waals surface area (Å²) in [5.41, 5.74) is 0.877. The second-order valence-electron chi connectivity index (χ2n) is 3.28. The highest BCUT2D eigenvalue weighted by Crippen LogP contribution is 2.12. The van der Waals surface area contributed by atoms with Gasteiger partial charge in [-0.1, -0.05) is 12.1 Å². The van der Waals surface area contributed by atoms with E-state index in [1.807, 2.05) is 38.1 Å². The van der Waals surface area contributed by atoms with Crippen LogP contribution in [0.2, 0.25) is 0 Å². The molecule has 0 heterocycles. The zero-order valence-electron chi connectivity index (χ0n) is 8.56. The minimum absolute atomic E-state index is 0.0583. The molecule has 3 nitrogen and oxygen atoms in total. The van der Waals surface area contributed by atoms with Gasteiger partial charge in [-0.2, -0.15) is 0 Å². The van der Waals surface area contributed by atoms with E-state index in [9.17, 15) is 0 Å². The third-order valence-corrected chi connectivity index (χ3v) is 1.73. The van der Waals surface area contributed by atoms with Gasteiger partial charge < -0.3 is 14.6 Å². The van der Waals surface area contributed by atoms with Gasteiger partial charge in [0.1, 0.15) is 5.75 Å². The lowest BCUT2D eigenvalue weighted by atomic mass is 10.2. The summed E-state index contributed by atoms with van der Waals surface area (Å²) in [6.07, 6.45) is 0.173. The molecular formula is C11H16O3. The lowest BCUT2D eigenvalue weighted by molar-refractivity contribution is -0.0200. The molecule has 0 saturated carbocycles. The molecule has 0 fully saturated rings. The van der Waals surface area contributed by atoms with E-state index in [2.05, 4.69) is 0 Å². The highest BCUT2D eigenvalue weighted by atomic mass is 16.7. The molecule has 0 atom stereocenters. The van der Waals surface area contributed by atoms with Crippen molar-refractivity contribution in [2.24, 2.45) is 0 Å². The maximum absolute atomic E-state index is 8.81. The first-order chi connectivity index (χ1) is 6.72. The van der Waals surface area contributed by atoms with E-state index in [0.717, 1.165) is 11.3 Å². The Balaban J connectivity index is 2.36. The van der Waals surface area contributed by atoms with Crippen LogP contribution in [0.15, 0.2) is 24.3 Å². The number of ether oxygens (including phenoxy) is 2. The standard InChI is InChI=1S/C11H16O3/c1-9(2)13-8-14-11-5-3-10(7-12)4-6-11/h3-6,9,12H,7-8H2,1-2H3. The summed E-state index contributed by atoms with van der Waals surface area (Å²) < 4.78 is 10.5. The van der Waals surface area contributed by atoms with Crippen molar-refractivity contribution in [1.29, 1.82) is 0 Å². The fraction of sp³-hybridized carbons (Fsp3) is 0.455. The van der Waals surface area contributed by atoms with Crippen molar-refractivity contribution in [3.8, 4) is 5.75 Å². The van der Waals surface area contributed by atoms with Gasteiger partial charge >= 0.3 is 0 Å². The van der Waals surface area contributed by atoms with Crippen LogP contribution < -0.4 is 4.74 Å². The van der Waals surface area contributed by atoms with Crippen molar-refractivity contribution in [2.45, 2.75) is 26.6 Å². The summed E-state index contributed by atoms with van der Waals surface area (Å²) in [6.45, 7) is 4.23. The molecule has 14 heavy (non-hydrogen) atoms. The number of rotatable bonds is 5. The highest BCUT2D eigenvalue weighted by molar-refractivity contribution is 5.26. The Bertz CT molecular complexity index is 254. The smallest absolute Gasteiger partial charge is 0.189 e. The summed E-state index contributed by atoms with van der Waals surface area (Å²) in [6, 6.07) is 7.28. The van der Waals surface area contributed by atoms with Crippen molar-refractivity contribution in [2.75, 3.05) is 6.79 Å². The molecule has 1 rings (SSSR count). The highest BCUT2D eigenvalue weighted by Gasteiger charge is 1.96. The Labute approximate surface area is 84.3 Å². The van der Waals surface area contributed by atoms with E-state index in [4.69, 9.17) is 14.6 Å². The van der Waals surface area contributed by atoms with Crippen LogP contribution in [0.25, 0.3) is 0 Å². The Kier molecular flexibility index (Phi) is 4.43. The van der Waals surface area contributed by atoms with Crippen LogP contribution in [0.3, 0.4) is 0 Å². The number of aliphatic hydroxyl groups is 1. The first-order valence-corrected chi connectivity index (χ1v) is 4.66. The lowest BCUT2D eigenvalue weighted by Crippen LogP contribution is -2.08. The zero-order valence-corrected chi connectivity index (χ0v) is 8.56. The number of hydrogen-bond donors (Lipinski definition) is 1. The Hall–Kier alpha value is -1.06. The Morgan fingerprint density at radius 2 is 1.86 bits per heavy atom. The maximum Gasteiger partial charge on any atom is 0.189 e. The average Bonchev–Trinajstić information content (AvgIpc) is 2.18. The van der Waals surface area contributed by atoms with Crippen LogP contribution in [0.5, 0.6) is 5.75 Å². The van der Waals surface area contributed by atoms with Crippen molar-refractivity contribution in [3.63, 3.8) is 0 Å². The maximum atomic E-state index is 8.81. The van der Waals surface area contributed by atoms with Crippen molar-refractivity contribution >= 4 is 0 Å². The molecule has 0 spiro atoms. The fourth-order valence-corrected chi connectivity index (χ4v) is 0.929. The van der Waals surface area contributed by atoms with Crippen molar-refractivity contribution < 1.29 is 14.6 Å². The molecule has 3 heteroatoms. The average molecular weight is 196 g/mol. The second kappa shape index (κ2) is 5.62. The monoisotopic (exact) mass is 196 g/mol. The summed E-state index contributed by atoms with van der Waals surface area (Å²) >= 11 is 0. The number of aliphatic hydroxyl groups excluding tert-OH is 1. The molecule has 1 N–H and O–H groups in total. The Morgan fingerprint density at radius 1 is 1.21 bits per heavy atom. The van der Waals surface area contributed by atoms with E-state index in [0.29, 0.717) is 0 Å². The third kappa shape index (κ3) is 3.77. The molecule has 0 bridgehead atoms. The minimum Gasteiger partial charge on any atom is -0.468 e. The molecule has 1 aromatic carbocycles. The predicted octanol–water partition coefficient (Wildman–Crippen LogP) is 1.94. The molecule has 0 aliphatic heterocycles. The molecular weight excluding hydrogens is 180 g/mol. The number of benzene rings is 1. The third-order valence-electron chi connectivity index (χ3n) is 1.73. The van der Waals surface area contributed by atoms with Crippen molar-refractivity contribution in [3.05, 3.63) is 29.8 Å². The summed E-state index contributed by atoms with van der Waals surface area (Å²) in [5, 5.41) is 8.81. The largest absolute Gasteiger partial charge is 0.468 e. The predicted molar refractivity (Wildman–Crippen MR) is 54.1 cm³/mol. The molecule has 0 amide bonds. The molecule has 0 saturated heterocycles. The van der Waals surface area contributed by atoms with Crippen LogP contribution in [0.1, 0.15) is 19.4 Å². The van der Waals surface area contributed by atoms with E-state index in [1.165, 1.54) is 0 Å². The van der Waals surface area contributed by atoms with Gasteiger partial charge in [-0.25, -0.2) is 0 Å².